The first-order valence-corrected chi connectivity index (χ1v) is 29.2. The predicted octanol–water partition coefficient (Wildman–Crippen LogP) is -3.13. The Morgan fingerprint density at radius 2 is 1.25 bits per heavy atom. The van der Waals surface area contributed by atoms with Crippen LogP contribution >= 0.6 is 0 Å². The molecule has 0 saturated carbocycles. The molecule has 0 spiro atoms. The molecular formula is C56H96N10O19. The molecule has 20 N–H and O–H groups in total. The molecule has 4 rings (SSSR count). The molecule has 1 aromatic rings. The number of rotatable bonds is 23. The molecule has 29 nitrogen and oxygen atoms in total. The second-order valence-corrected chi connectivity index (χ2v) is 22.3. The minimum atomic E-state index is -2.28. The van der Waals surface area contributed by atoms with E-state index in [1.807, 2.05) is 0 Å². The summed E-state index contributed by atoms with van der Waals surface area (Å²) in [4.78, 5) is 120. The van der Waals surface area contributed by atoms with E-state index in [0.717, 1.165) is 69.1 Å². The fraction of sp³-hybridized carbons (Fsp3) is 0.732. The quantitative estimate of drug-likeness (QED) is 0.0482. The number of hydrogen-bond acceptors (Lipinski definition) is 20. The van der Waals surface area contributed by atoms with Gasteiger partial charge in [0.05, 0.1) is 30.5 Å². The number of nitrogens with two attached hydrogens (primary N) is 2. The Morgan fingerprint density at radius 1 is 0.682 bits per heavy atom. The number of carboxylic acid groups (broad SMARTS) is 2. The molecule has 7 amide bonds. The van der Waals surface area contributed by atoms with Gasteiger partial charge in [-0.15, -0.1) is 0 Å². The number of benzene rings is 1. The molecule has 3 heterocycles. The molecule has 3 fully saturated rings. The van der Waals surface area contributed by atoms with Crippen molar-refractivity contribution < 1.29 is 94.2 Å². The summed E-state index contributed by atoms with van der Waals surface area (Å²) in [6.45, 7) is 8.90. The van der Waals surface area contributed by atoms with Gasteiger partial charge in [-0.1, -0.05) is 77.8 Å². The van der Waals surface area contributed by atoms with E-state index in [0.29, 0.717) is 24.7 Å². The Balaban J connectivity index is 0.00000289. The highest BCUT2D eigenvalue weighted by molar-refractivity contribution is 5.98. The van der Waals surface area contributed by atoms with E-state index in [4.69, 9.17) is 31.3 Å². The number of amides is 7. The molecule has 3 aliphatic heterocycles. The Hall–Kier alpha value is -6.15. The highest BCUT2D eigenvalue weighted by Crippen LogP contribution is 2.27. The maximum atomic E-state index is 14.6. The van der Waals surface area contributed by atoms with Crippen molar-refractivity contribution in [3.05, 3.63) is 29.8 Å². The molecule has 1 aromatic carbocycles. The van der Waals surface area contributed by atoms with Crippen LogP contribution in [-0.2, 0) is 43.2 Å². The van der Waals surface area contributed by atoms with Crippen molar-refractivity contribution in [1.82, 2.24) is 41.7 Å². The topological polar surface area (TPSA) is 487 Å². The maximum Gasteiger partial charge on any atom is 0.300 e. The van der Waals surface area contributed by atoms with E-state index in [1.165, 1.54) is 30.7 Å². The number of aliphatic hydroxyl groups is 7. The summed E-state index contributed by atoms with van der Waals surface area (Å²) in [5.41, 5.74) is 11.5. The van der Waals surface area contributed by atoms with Gasteiger partial charge >= 0.3 is 0 Å². The number of nitrogens with one attached hydrogen (secondary N) is 6. The van der Waals surface area contributed by atoms with Crippen LogP contribution in [0.4, 0.5) is 0 Å². The standard InChI is InChI=1S/C52H88N10O15.2C2H4O2/c1-5-28(2)24-29(3)12-10-8-6-7-9-11-13-39(69)56-34-26-38(68)46(55-22-21-54)60-50(75)43-37(67)19-23-61(43)52(77)41(36(66)18-20-53)58-49(74)42(45(71)44(70)31-14-16-32(64)17-15-31)59-48(73)35-25-33(65)27-62(35)51(76)40(30(4)63)57-47(34)72;2*1-2(3)4/h14-17,28-30,33-38,40-46,55,63-68,70-71H,5-13,18-27,53-54H2,1-4H3,(H,56,69)(H,57,72)(H,58,74)(H,59,73)(H,60,75);2*1H3,(H,3,4)/t28?,29?,30-,33-,34?,35+,36-,37+,38-,40+,41+,42+,43+,44+,45+,46+;;/m1../s1. The fourth-order valence-corrected chi connectivity index (χ4v) is 10.2. The summed E-state index contributed by atoms with van der Waals surface area (Å²) < 4.78 is 0. The number of unbranched alkanes of at least 4 members (excludes halogenated alkanes) is 5. The zero-order valence-electron chi connectivity index (χ0n) is 49.7. The molecule has 484 valence electrons. The number of phenols is 1. The molecule has 3 saturated heterocycles. The number of carbonyl (C=O) groups excluding carboxylic acids is 7. The second-order valence-electron chi connectivity index (χ2n) is 22.3. The van der Waals surface area contributed by atoms with E-state index in [1.54, 1.807) is 0 Å². The molecule has 3 aliphatic rings. The summed E-state index contributed by atoms with van der Waals surface area (Å²) in [5.74, 6) is -8.10. The SMILES string of the molecule is CC(=O)O.CC(=O)O.CCC(C)CC(C)CCCCCCCCC(=O)NC1C[C@@H](O)[C@@H](NCCN)NC(=O)[C@@H]2[C@@H](O)CCN2C(=O)[C@H]([C@H](O)CCN)NC(=O)[C@H]([C@H](O)[C@@H](O)c2ccc(O)cc2)NC(=O)[C@@H]2C[C@@H](O)CN2C(=O)[C@H]([C@@H](C)O)NC1=O. The van der Waals surface area contributed by atoms with Crippen LogP contribution in [0.25, 0.3) is 0 Å². The third-order valence-corrected chi connectivity index (χ3v) is 14.9. The van der Waals surface area contributed by atoms with Gasteiger partial charge in [-0.3, -0.25) is 48.5 Å². The van der Waals surface area contributed by atoms with Crippen molar-refractivity contribution in [3.63, 3.8) is 0 Å². The number of aliphatic hydroxyl groups excluding tert-OH is 7. The zero-order chi connectivity index (χ0) is 64.2. The highest BCUT2D eigenvalue weighted by Gasteiger charge is 2.49. The third kappa shape index (κ3) is 25.4. The van der Waals surface area contributed by atoms with Crippen LogP contribution in [-0.4, -0.2) is 226 Å². The number of aliphatic carboxylic acids is 2. The number of carbonyl (C=O) groups is 9. The molecule has 0 aliphatic carbocycles. The van der Waals surface area contributed by atoms with Gasteiger partial charge in [0.15, 0.2) is 0 Å². The maximum absolute atomic E-state index is 14.6. The van der Waals surface area contributed by atoms with Crippen molar-refractivity contribution in [3.8, 4) is 5.75 Å². The van der Waals surface area contributed by atoms with Crippen LogP contribution in [0.2, 0.25) is 0 Å². The molecular weight excluding hydrogens is 1120 g/mol. The van der Waals surface area contributed by atoms with Crippen LogP contribution in [0, 0.1) is 11.8 Å². The summed E-state index contributed by atoms with van der Waals surface area (Å²) in [6.07, 6.45) is -6.95. The van der Waals surface area contributed by atoms with Gasteiger partial charge in [-0.2, -0.15) is 0 Å². The molecule has 0 bridgehead atoms. The number of carboxylic acids is 2. The molecule has 0 aromatic heterocycles. The fourth-order valence-electron chi connectivity index (χ4n) is 10.2. The van der Waals surface area contributed by atoms with Gasteiger partial charge < -0.3 is 98.9 Å². The Labute approximate surface area is 496 Å². The van der Waals surface area contributed by atoms with Crippen LogP contribution in [0.15, 0.2) is 24.3 Å². The largest absolute Gasteiger partial charge is 0.508 e. The molecule has 3 unspecified atom stereocenters. The smallest absolute Gasteiger partial charge is 0.300 e. The van der Waals surface area contributed by atoms with Crippen LogP contribution in [0.5, 0.6) is 5.75 Å². The van der Waals surface area contributed by atoms with Gasteiger partial charge in [0.1, 0.15) is 60.4 Å². The average Bonchev–Trinajstić information content (AvgIpc) is 2.52. The number of aromatic hydroxyl groups is 1. The molecule has 85 heavy (non-hydrogen) atoms. The van der Waals surface area contributed by atoms with Crippen LogP contribution in [0.1, 0.15) is 143 Å². The van der Waals surface area contributed by atoms with E-state index < -0.39 is 158 Å². The Morgan fingerprint density at radius 3 is 1.82 bits per heavy atom. The zero-order valence-corrected chi connectivity index (χ0v) is 49.7. The summed E-state index contributed by atoms with van der Waals surface area (Å²) in [7, 11) is 0. The second kappa shape index (κ2) is 38.1. The molecule has 16 atom stereocenters. The van der Waals surface area contributed by atoms with Gasteiger partial charge in [-0.25, -0.2) is 0 Å². The number of nitrogens with zero attached hydrogens (tertiary/aromatic N) is 2. The Bertz CT molecular complexity index is 2270. The van der Waals surface area contributed by atoms with E-state index in [9.17, 15) is 74.4 Å². The van der Waals surface area contributed by atoms with Crippen molar-refractivity contribution >= 4 is 53.3 Å². The summed E-state index contributed by atoms with van der Waals surface area (Å²) >= 11 is 0. The van der Waals surface area contributed by atoms with E-state index in [2.05, 4.69) is 52.7 Å². The van der Waals surface area contributed by atoms with Gasteiger partial charge in [0.25, 0.3) is 11.9 Å². The first-order valence-electron chi connectivity index (χ1n) is 29.2. The minimum Gasteiger partial charge on any atom is -0.508 e. The van der Waals surface area contributed by atoms with Crippen molar-refractivity contribution in [1.29, 1.82) is 0 Å². The van der Waals surface area contributed by atoms with Crippen molar-refractivity contribution in [2.24, 2.45) is 23.3 Å². The number of phenolic OH excluding ortho intramolecular Hbond substituents is 1. The first-order chi connectivity index (χ1) is 40.0. The molecule has 29 heteroatoms. The lowest BCUT2D eigenvalue weighted by molar-refractivity contribution is -0.148. The van der Waals surface area contributed by atoms with Gasteiger partial charge in [-0.05, 0) is 68.7 Å². The van der Waals surface area contributed by atoms with Crippen molar-refractivity contribution in [2.45, 2.75) is 217 Å². The first kappa shape index (κ1) is 74.9. The summed E-state index contributed by atoms with van der Waals surface area (Å²) in [5, 5.41) is 119. The lowest BCUT2D eigenvalue weighted by Gasteiger charge is -2.35. The monoisotopic (exact) mass is 1210 g/mol. The third-order valence-electron chi connectivity index (χ3n) is 14.9. The van der Waals surface area contributed by atoms with E-state index >= 15 is 0 Å². The van der Waals surface area contributed by atoms with Crippen LogP contribution < -0.4 is 43.4 Å². The van der Waals surface area contributed by atoms with Gasteiger partial charge in [0.2, 0.25) is 41.4 Å². The lowest BCUT2D eigenvalue weighted by atomic mass is 9.91. The molecule has 0 radical (unpaired) electrons. The number of hydrogen-bond donors (Lipinski definition) is 18. The van der Waals surface area contributed by atoms with Gasteiger partial charge in [0, 0.05) is 59.3 Å². The normalized spacial score (nSPS) is 26.5. The highest BCUT2D eigenvalue weighted by atomic mass is 16.4. The lowest BCUT2D eigenvalue weighted by Crippen LogP contribution is -2.65. The minimum absolute atomic E-state index is 0.0257. The number of fused-ring (bicyclic) bond motifs is 2. The van der Waals surface area contributed by atoms with E-state index in [-0.39, 0.29) is 56.8 Å². The van der Waals surface area contributed by atoms with Crippen LogP contribution in [0.3, 0.4) is 0 Å². The summed E-state index contributed by atoms with van der Waals surface area (Å²) in [6, 6.07) is -6.40. The average molecular weight is 1210 g/mol. The Kier molecular flexibility index (Phi) is 33.6. The van der Waals surface area contributed by atoms with Crippen molar-refractivity contribution in [2.75, 3.05) is 32.7 Å². The predicted molar refractivity (Wildman–Crippen MR) is 307 cm³/mol.